The first kappa shape index (κ1) is 17.1. The fourth-order valence-electron chi connectivity index (χ4n) is 2.38. The van der Waals surface area contributed by atoms with Crippen molar-refractivity contribution >= 4 is 10.0 Å². The third-order valence-electron chi connectivity index (χ3n) is 3.56. The summed E-state index contributed by atoms with van der Waals surface area (Å²) in [5.74, 6) is -0.692. The summed E-state index contributed by atoms with van der Waals surface area (Å²) in [5, 5.41) is 0. The molecule has 6 nitrogen and oxygen atoms in total. The van der Waals surface area contributed by atoms with Crippen molar-refractivity contribution in [3.63, 3.8) is 0 Å². The predicted octanol–water partition coefficient (Wildman–Crippen LogP) is 1.26. The molecule has 8 heteroatoms. The van der Waals surface area contributed by atoms with E-state index in [4.69, 9.17) is 14.2 Å². The van der Waals surface area contributed by atoms with Crippen LogP contribution in [0.3, 0.4) is 0 Å². The number of methoxy groups -OCH3 is 2. The number of hydrogen-bond donors (Lipinski definition) is 0. The maximum atomic E-state index is 13.8. The molecule has 0 aliphatic carbocycles. The van der Waals surface area contributed by atoms with Gasteiger partial charge in [-0.3, -0.25) is 0 Å². The first-order valence-electron chi connectivity index (χ1n) is 6.92. The molecule has 1 atom stereocenters. The van der Waals surface area contributed by atoms with Gasteiger partial charge in [-0.1, -0.05) is 0 Å². The Morgan fingerprint density at radius 3 is 2.82 bits per heavy atom. The van der Waals surface area contributed by atoms with Crippen molar-refractivity contribution in [2.24, 2.45) is 0 Å². The van der Waals surface area contributed by atoms with Crippen LogP contribution in [-0.2, 0) is 19.5 Å². The van der Waals surface area contributed by atoms with Crippen molar-refractivity contribution in [3.05, 3.63) is 24.0 Å². The van der Waals surface area contributed by atoms with Crippen molar-refractivity contribution in [2.75, 3.05) is 40.6 Å². The molecule has 0 aromatic heterocycles. The number of rotatable bonds is 6. The van der Waals surface area contributed by atoms with Gasteiger partial charge in [-0.25, -0.2) is 12.8 Å². The molecular formula is C14H20FNO5S. The van der Waals surface area contributed by atoms with Gasteiger partial charge in [0, 0.05) is 20.3 Å². The summed E-state index contributed by atoms with van der Waals surface area (Å²) in [6.07, 6.45) is 0.522. The molecule has 1 aliphatic heterocycles. The van der Waals surface area contributed by atoms with Gasteiger partial charge >= 0.3 is 0 Å². The van der Waals surface area contributed by atoms with Crippen molar-refractivity contribution < 1.29 is 27.0 Å². The second-order valence-electron chi connectivity index (χ2n) is 4.92. The van der Waals surface area contributed by atoms with Crippen molar-refractivity contribution in [1.29, 1.82) is 0 Å². The largest absolute Gasteiger partial charge is 0.494 e. The van der Waals surface area contributed by atoms with Gasteiger partial charge in [0.1, 0.15) is 0 Å². The maximum absolute atomic E-state index is 13.8. The molecule has 0 saturated carbocycles. The first-order chi connectivity index (χ1) is 10.5. The summed E-state index contributed by atoms with van der Waals surface area (Å²) in [5.41, 5.74) is 0. The lowest BCUT2D eigenvalue weighted by molar-refractivity contribution is 0.0204. The fourth-order valence-corrected chi connectivity index (χ4v) is 4.02. The monoisotopic (exact) mass is 333 g/mol. The van der Waals surface area contributed by atoms with Crippen molar-refractivity contribution in [3.8, 4) is 5.75 Å². The van der Waals surface area contributed by atoms with E-state index in [2.05, 4.69) is 0 Å². The van der Waals surface area contributed by atoms with Gasteiger partial charge < -0.3 is 14.2 Å². The summed E-state index contributed by atoms with van der Waals surface area (Å²) >= 11 is 0. The molecule has 1 aliphatic rings. The number of nitrogens with zero attached hydrogens (tertiary/aromatic N) is 1. The third-order valence-corrected chi connectivity index (χ3v) is 5.51. The molecule has 124 valence electrons. The highest BCUT2D eigenvalue weighted by Gasteiger charge is 2.34. The molecule has 1 unspecified atom stereocenters. The minimum absolute atomic E-state index is 0.0110. The van der Waals surface area contributed by atoms with E-state index in [1.807, 2.05) is 0 Å². The average molecular weight is 333 g/mol. The zero-order chi connectivity index (χ0) is 16.2. The van der Waals surface area contributed by atoms with Crippen LogP contribution in [0.5, 0.6) is 5.75 Å². The van der Waals surface area contributed by atoms with Gasteiger partial charge in [0.25, 0.3) is 0 Å². The first-order valence-corrected chi connectivity index (χ1v) is 8.36. The highest BCUT2D eigenvalue weighted by Crippen LogP contribution is 2.26. The van der Waals surface area contributed by atoms with Crippen molar-refractivity contribution in [1.82, 2.24) is 4.31 Å². The Kier molecular flexibility index (Phi) is 5.74. The Morgan fingerprint density at radius 2 is 2.18 bits per heavy atom. The van der Waals surface area contributed by atoms with Crippen LogP contribution in [0.15, 0.2) is 23.1 Å². The van der Waals surface area contributed by atoms with Gasteiger partial charge in [-0.15, -0.1) is 0 Å². The number of sulfonamides is 1. The van der Waals surface area contributed by atoms with E-state index >= 15 is 0 Å². The molecule has 2 rings (SSSR count). The second-order valence-corrected chi connectivity index (χ2v) is 6.81. The molecule has 1 heterocycles. The van der Waals surface area contributed by atoms with Crippen LogP contribution in [-0.4, -0.2) is 59.3 Å². The summed E-state index contributed by atoms with van der Waals surface area (Å²) in [6, 6.07) is 3.33. The molecule has 0 radical (unpaired) electrons. The van der Waals surface area contributed by atoms with E-state index in [9.17, 15) is 12.8 Å². The highest BCUT2D eigenvalue weighted by atomic mass is 32.2. The minimum atomic E-state index is -3.79. The van der Waals surface area contributed by atoms with Crippen LogP contribution in [0.1, 0.15) is 6.42 Å². The molecule has 1 aromatic carbocycles. The summed E-state index contributed by atoms with van der Waals surface area (Å²) in [6.45, 7) is 1.30. The molecule has 1 saturated heterocycles. The molecule has 22 heavy (non-hydrogen) atoms. The van der Waals surface area contributed by atoms with Crippen molar-refractivity contribution in [2.45, 2.75) is 17.4 Å². The van der Waals surface area contributed by atoms with E-state index < -0.39 is 15.8 Å². The predicted molar refractivity (Wildman–Crippen MR) is 77.9 cm³/mol. The van der Waals surface area contributed by atoms with E-state index in [-0.39, 0.29) is 23.2 Å². The lowest BCUT2D eigenvalue weighted by atomic mass is 10.2. The zero-order valence-electron chi connectivity index (χ0n) is 12.6. The van der Waals surface area contributed by atoms with Crippen LogP contribution in [0.25, 0.3) is 0 Å². The summed E-state index contributed by atoms with van der Waals surface area (Å²) in [4.78, 5) is -0.0879. The number of hydrogen-bond acceptors (Lipinski definition) is 5. The Hall–Kier alpha value is -1.22. The molecule has 0 N–H and O–H groups in total. The number of benzene rings is 1. The lowest BCUT2D eigenvalue weighted by Crippen LogP contribution is -2.49. The maximum Gasteiger partial charge on any atom is 0.243 e. The quantitative estimate of drug-likeness (QED) is 0.784. The number of ether oxygens (including phenoxy) is 3. The Balaban J connectivity index is 2.28. The van der Waals surface area contributed by atoms with Gasteiger partial charge in [-0.2, -0.15) is 4.31 Å². The Bertz CT molecular complexity index is 607. The SMILES string of the molecule is COCCC1COCCN1S(=O)(=O)c1ccc(OC)c(F)c1. The molecule has 1 fully saturated rings. The van der Waals surface area contributed by atoms with E-state index in [0.717, 1.165) is 6.07 Å². The van der Waals surface area contributed by atoms with Crippen LogP contribution in [0.2, 0.25) is 0 Å². The van der Waals surface area contributed by atoms with Crippen LogP contribution in [0, 0.1) is 5.82 Å². The summed E-state index contributed by atoms with van der Waals surface area (Å²) < 4.78 is 55.8. The second kappa shape index (κ2) is 7.36. The molecule has 1 aromatic rings. The number of morpholine rings is 1. The van der Waals surface area contributed by atoms with Gasteiger partial charge in [0.05, 0.1) is 31.3 Å². The van der Waals surface area contributed by atoms with E-state index in [1.54, 1.807) is 7.11 Å². The number of halogens is 1. The van der Waals surface area contributed by atoms with Crippen LogP contribution >= 0.6 is 0 Å². The van der Waals surface area contributed by atoms with E-state index in [1.165, 1.54) is 23.5 Å². The Morgan fingerprint density at radius 1 is 1.41 bits per heavy atom. The fraction of sp³-hybridized carbons (Fsp3) is 0.571. The molecular weight excluding hydrogens is 313 g/mol. The standard InChI is InChI=1S/C14H20FNO5S/c1-19-7-5-11-10-21-8-6-16(11)22(17,18)12-3-4-14(20-2)13(15)9-12/h3-4,9,11H,5-8,10H2,1-2H3. The van der Waals surface area contributed by atoms with Crippen LogP contribution in [0.4, 0.5) is 4.39 Å². The normalized spacial score (nSPS) is 20.0. The Labute approximate surface area is 129 Å². The van der Waals surface area contributed by atoms with Gasteiger partial charge in [0.2, 0.25) is 10.0 Å². The molecule has 0 bridgehead atoms. The topological polar surface area (TPSA) is 65.1 Å². The molecule has 0 spiro atoms. The van der Waals surface area contributed by atoms with Gasteiger partial charge in [0.15, 0.2) is 11.6 Å². The third kappa shape index (κ3) is 3.57. The zero-order valence-corrected chi connectivity index (χ0v) is 13.4. The highest BCUT2D eigenvalue weighted by molar-refractivity contribution is 7.89. The molecule has 0 amide bonds. The minimum Gasteiger partial charge on any atom is -0.494 e. The summed E-state index contributed by atoms with van der Waals surface area (Å²) in [7, 11) is -0.901. The van der Waals surface area contributed by atoms with Crippen LogP contribution < -0.4 is 4.74 Å². The van der Waals surface area contributed by atoms with Gasteiger partial charge in [-0.05, 0) is 24.6 Å². The lowest BCUT2D eigenvalue weighted by Gasteiger charge is -2.34. The smallest absolute Gasteiger partial charge is 0.243 e. The van der Waals surface area contributed by atoms with E-state index in [0.29, 0.717) is 26.2 Å². The average Bonchev–Trinajstić information content (AvgIpc) is 2.53.